The number of hydrogen-bond acceptors (Lipinski definition) is 1. The summed E-state index contributed by atoms with van der Waals surface area (Å²) in [4.78, 5) is 0. The molecule has 0 bridgehead atoms. The van der Waals surface area contributed by atoms with Crippen molar-refractivity contribution in [2.75, 3.05) is 7.11 Å². The molecule has 0 aliphatic heterocycles. The van der Waals surface area contributed by atoms with Gasteiger partial charge in [-0.1, -0.05) is 0 Å². The lowest BCUT2D eigenvalue weighted by molar-refractivity contribution is 0.0592. The lowest BCUT2D eigenvalue weighted by atomic mass is 10.1. The molecule has 4 saturated carbocycles. The quantitative estimate of drug-likeness (QED) is 0.575. The number of methoxy groups -OCH3 is 1. The van der Waals surface area contributed by atoms with Crippen molar-refractivity contribution in [3.05, 3.63) is 0 Å². The highest BCUT2D eigenvalue weighted by atomic mass is 16.5. The van der Waals surface area contributed by atoms with Gasteiger partial charge in [0.25, 0.3) is 0 Å². The zero-order valence-corrected chi connectivity index (χ0v) is 7.57. The van der Waals surface area contributed by atoms with Crippen LogP contribution in [0.5, 0.6) is 0 Å². The van der Waals surface area contributed by atoms with Crippen LogP contribution in [0.4, 0.5) is 0 Å². The number of hydrogen-bond donors (Lipinski definition) is 0. The molecule has 4 fully saturated rings. The molecule has 0 heterocycles. The highest BCUT2D eigenvalue weighted by Gasteiger charge is 2.68. The minimum atomic E-state index is 0.674. The second-order valence-electron chi connectivity index (χ2n) is 5.39. The summed E-state index contributed by atoms with van der Waals surface area (Å²) < 4.78 is 5.65. The van der Waals surface area contributed by atoms with E-state index in [4.69, 9.17) is 4.74 Å². The maximum absolute atomic E-state index is 5.65. The van der Waals surface area contributed by atoms with Gasteiger partial charge in [-0.05, 0) is 54.8 Å². The predicted molar refractivity (Wildman–Crippen MR) is 45.6 cm³/mol. The monoisotopic (exact) mass is 164 g/mol. The molecule has 0 aromatic carbocycles. The molecule has 4 aliphatic carbocycles. The molecule has 0 N–H and O–H groups in total. The first-order valence-electron chi connectivity index (χ1n) is 5.43. The average molecular weight is 164 g/mol. The predicted octanol–water partition coefficient (Wildman–Crippen LogP) is 1.92. The van der Waals surface area contributed by atoms with Crippen LogP contribution in [0.25, 0.3) is 0 Å². The molecule has 6 atom stereocenters. The topological polar surface area (TPSA) is 9.23 Å². The summed E-state index contributed by atoms with van der Waals surface area (Å²) in [6.45, 7) is 0. The van der Waals surface area contributed by atoms with Crippen LogP contribution in [0.3, 0.4) is 0 Å². The van der Waals surface area contributed by atoms with Crippen LogP contribution in [0.15, 0.2) is 0 Å². The summed E-state index contributed by atoms with van der Waals surface area (Å²) in [6.07, 6.45) is 5.26. The Morgan fingerprint density at radius 3 is 1.67 bits per heavy atom. The van der Waals surface area contributed by atoms with Gasteiger partial charge in [-0.25, -0.2) is 0 Å². The van der Waals surface area contributed by atoms with E-state index in [0.717, 1.165) is 35.5 Å². The van der Waals surface area contributed by atoms with Crippen molar-refractivity contribution in [3.63, 3.8) is 0 Å². The second-order valence-corrected chi connectivity index (χ2v) is 5.39. The molecule has 1 nitrogen and oxygen atoms in total. The first-order chi connectivity index (χ1) is 5.90. The SMILES string of the molecule is COC1C2CC2C2CC2C2CC21. The van der Waals surface area contributed by atoms with Crippen LogP contribution in [-0.2, 0) is 4.74 Å². The molecule has 66 valence electrons. The molecule has 0 spiro atoms. The maximum Gasteiger partial charge on any atom is 0.0633 e. The summed E-state index contributed by atoms with van der Waals surface area (Å²) >= 11 is 0. The van der Waals surface area contributed by atoms with E-state index in [0.29, 0.717) is 6.10 Å². The van der Waals surface area contributed by atoms with Gasteiger partial charge in [0, 0.05) is 7.11 Å². The zero-order valence-electron chi connectivity index (χ0n) is 7.57. The maximum atomic E-state index is 5.65. The van der Waals surface area contributed by atoms with Crippen LogP contribution < -0.4 is 0 Å². The third kappa shape index (κ3) is 0.618. The summed E-state index contributed by atoms with van der Waals surface area (Å²) in [6, 6.07) is 0. The highest BCUT2D eigenvalue weighted by Crippen LogP contribution is 2.72. The Morgan fingerprint density at radius 2 is 1.17 bits per heavy atom. The lowest BCUT2D eigenvalue weighted by Gasteiger charge is -2.13. The van der Waals surface area contributed by atoms with Gasteiger partial charge in [0.15, 0.2) is 0 Å². The van der Waals surface area contributed by atoms with E-state index in [-0.39, 0.29) is 0 Å². The Hall–Kier alpha value is -0.0400. The van der Waals surface area contributed by atoms with Crippen LogP contribution in [0, 0.1) is 35.5 Å². The van der Waals surface area contributed by atoms with Crippen molar-refractivity contribution in [1.29, 1.82) is 0 Å². The molecule has 4 aliphatic rings. The van der Waals surface area contributed by atoms with Crippen molar-refractivity contribution >= 4 is 0 Å². The first kappa shape index (κ1) is 6.42. The fourth-order valence-corrected chi connectivity index (χ4v) is 4.10. The zero-order chi connectivity index (χ0) is 7.87. The van der Waals surface area contributed by atoms with Crippen molar-refractivity contribution in [3.8, 4) is 0 Å². The molecule has 0 radical (unpaired) electrons. The van der Waals surface area contributed by atoms with Gasteiger partial charge in [0.1, 0.15) is 0 Å². The van der Waals surface area contributed by atoms with Crippen molar-refractivity contribution < 1.29 is 4.74 Å². The van der Waals surface area contributed by atoms with E-state index in [1.807, 2.05) is 7.11 Å². The normalized spacial score (nSPS) is 70.2. The van der Waals surface area contributed by atoms with Gasteiger partial charge >= 0.3 is 0 Å². The summed E-state index contributed by atoms with van der Waals surface area (Å²) in [5.74, 6) is 6.50. The van der Waals surface area contributed by atoms with E-state index in [9.17, 15) is 0 Å². The summed E-state index contributed by atoms with van der Waals surface area (Å²) in [7, 11) is 1.92. The van der Waals surface area contributed by atoms with E-state index < -0.39 is 0 Å². The largest absolute Gasteiger partial charge is 0.381 e. The molecule has 0 saturated heterocycles. The Morgan fingerprint density at radius 1 is 0.750 bits per heavy atom. The van der Waals surface area contributed by atoms with Gasteiger partial charge in [-0.2, -0.15) is 0 Å². The lowest BCUT2D eigenvalue weighted by Crippen LogP contribution is -2.17. The minimum Gasteiger partial charge on any atom is -0.381 e. The van der Waals surface area contributed by atoms with Crippen LogP contribution in [-0.4, -0.2) is 13.2 Å². The van der Waals surface area contributed by atoms with Crippen LogP contribution >= 0.6 is 0 Å². The molecular formula is C11H16O. The smallest absolute Gasteiger partial charge is 0.0633 e. The van der Waals surface area contributed by atoms with E-state index in [2.05, 4.69) is 0 Å². The molecule has 1 heteroatoms. The van der Waals surface area contributed by atoms with Crippen LogP contribution in [0.1, 0.15) is 19.3 Å². The third-order valence-corrected chi connectivity index (χ3v) is 4.89. The van der Waals surface area contributed by atoms with E-state index >= 15 is 0 Å². The molecule has 0 aromatic rings. The number of ether oxygens (including phenoxy) is 1. The van der Waals surface area contributed by atoms with Gasteiger partial charge in [-0.3, -0.25) is 0 Å². The van der Waals surface area contributed by atoms with Crippen molar-refractivity contribution in [2.24, 2.45) is 35.5 Å². The van der Waals surface area contributed by atoms with Crippen molar-refractivity contribution in [2.45, 2.75) is 25.4 Å². The molecule has 0 amide bonds. The van der Waals surface area contributed by atoms with E-state index in [1.54, 1.807) is 6.42 Å². The molecule has 12 heavy (non-hydrogen) atoms. The van der Waals surface area contributed by atoms with Gasteiger partial charge < -0.3 is 4.74 Å². The first-order valence-corrected chi connectivity index (χ1v) is 5.43. The minimum absolute atomic E-state index is 0.674. The van der Waals surface area contributed by atoms with E-state index in [1.165, 1.54) is 12.8 Å². The Bertz CT molecular complexity index is 215. The standard InChI is InChI=1S/C11H16O/c1-12-11-9-3-7(9)5-2-6(5)8-4-10(8)11/h5-11H,2-4H2,1H3. The third-order valence-electron chi connectivity index (χ3n) is 4.89. The van der Waals surface area contributed by atoms with Crippen molar-refractivity contribution in [1.82, 2.24) is 0 Å². The Balaban J connectivity index is 1.67. The number of rotatable bonds is 1. The molecular weight excluding hydrogens is 148 g/mol. The molecule has 0 aromatic heterocycles. The molecule has 6 unspecified atom stereocenters. The fraction of sp³-hybridized carbons (Fsp3) is 1.00. The Labute approximate surface area is 73.5 Å². The second kappa shape index (κ2) is 1.75. The van der Waals surface area contributed by atoms with Gasteiger partial charge in [0.2, 0.25) is 0 Å². The highest BCUT2D eigenvalue weighted by molar-refractivity contribution is 5.17. The average Bonchev–Trinajstić information content (AvgIpc) is 2.87. The summed E-state index contributed by atoms with van der Waals surface area (Å²) in [5, 5.41) is 0. The van der Waals surface area contributed by atoms with Crippen LogP contribution in [0.2, 0.25) is 0 Å². The Kier molecular flexibility index (Phi) is 0.934. The fourth-order valence-electron chi connectivity index (χ4n) is 4.10. The molecule has 4 rings (SSSR count). The summed E-state index contributed by atoms with van der Waals surface area (Å²) in [5.41, 5.74) is 0. The van der Waals surface area contributed by atoms with Gasteiger partial charge in [-0.15, -0.1) is 0 Å². The van der Waals surface area contributed by atoms with Gasteiger partial charge in [0.05, 0.1) is 6.10 Å². The number of fused-ring (bicyclic) bond motifs is 5.